The van der Waals surface area contributed by atoms with E-state index in [9.17, 15) is 0 Å². The third-order valence-corrected chi connectivity index (χ3v) is 5.00. The number of nitrogens with two attached hydrogens (primary N) is 1. The minimum absolute atomic E-state index is 0.335. The minimum atomic E-state index is 0.335. The van der Waals surface area contributed by atoms with Gasteiger partial charge in [-0.3, -0.25) is 4.98 Å². The summed E-state index contributed by atoms with van der Waals surface area (Å²) in [4.78, 5) is 13.0. The first-order chi connectivity index (χ1) is 10.7. The van der Waals surface area contributed by atoms with Crippen molar-refractivity contribution in [2.75, 3.05) is 5.73 Å². The molecule has 22 heavy (non-hydrogen) atoms. The SMILES string of the molecule is CC1CCC(Cn2c3cnccc3c3cnc(N)nc32)CC1. The third kappa shape index (κ3) is 2.21. The fourth-order valence-corrected chi connectivity index (χ4v) is 3.68. The number of hydrogen-bond donors (Lipinski definition) is 1. The Morgan fingerprint density at radius 2 is 2.00 bits per heavy atom. The molecule has 0 amide bonds. The van der Waals surface area contributed by atoms with Gasteiger partial charge in [-0.1, -0.05) is 19.8 Å². The van der Waals surface area contributed by atoms with Gasteiger partial charge < -0.3 is 10.3 Å². The maximum atomic E-state index is 5.81. The van der Waals surface area contributed by atoms with E-state index in [1.54, 1.807) is 0 Å². The molecular formula is C17H21N5. The van der Waals surface area contributed by atoms with E-state index in [4.69, 9.17) is 5.73 Å². The molecule has 0 saturated heterocycles. The Labute approximate surface area is 129 Å². The summed E-state index contributed by atoms with van der Waals surface area (Å²) in [6, 6.07) is 2.04. The monoisotopic (exact) mass is 295 g/mol. The molecule has 114 valence electrons. The van der Waals surface area contributed by atoms with Gasteiger partial charge in [0.25, 0.3) is 0 Å². The van der Waals surface area contributed by atoms with Crippen molar-refractivity contribution in [3.8, 4) is 0 Å². The molecule has 0 aliphatic heterocycles. The van der Waals surface area contributed by atoms with Crippen molar-refractivity contribution in [1.82, 2.24) is 19.5 Å². The summed E-state index contributed by atoms with van der Waals surface area (Å²) >= 11 is 0. The molecule has 0 bridgehead atoms. The molecule has 0 unspecified atom stereocenters. The Kier molecular flexibility index (Phi) is 3.21. The van der Waals surface area contributed by atoms with E-state index in [1.165, 1.54) is 25.7 Å². The Bertz CT molecular complexity index is 814. The summed E-state index contributed by atoms with van der Waals surface area (Å²) in [6.07, 6.45) is 10.8. The average molecular weight is 295 g/mol. The molecule has 0 aromatic carbocycles. The summed E-state index contributed by atoms with van der Waals surface area (Å²) in [5, 5.41) is 2.23. The molecule has 3 aromatic heterocycles. The van der Waals surface area contributed by atoms with Crippen LogP contribution in [-0.2, 0) is 6.54 Å². The lowest BCUT2D eigenvalue weighted by atomic mass is 9.83. The standard InChI is InChI=1S/C17H21N5/c1-11-2-4-12(5-3-11)10-22-15-9-19-7-6-13(15)14-8-20-17(18)21-16(14)22/h6-9,11-12H,2-5,10H2,1H3,(H2,18,20,21). The highest BCUT2D eigenvalue weighted by atomic mass is 15.1. The number of nitrogen functional groups attached to an aromatic ring is 1. The third-order valence-electron chi connectivity index (χ3n) is 5.00. The molecule has 5 heteroatoms. The molecule has 1 fully saturated rings. The number of nitrogens with zero attached hydrogens (tertiary/aromatic N) is 4. The molecule has 1 aliphatic rings. The molecule has 3 heterocycles. The van der Waals surface area contributed by atoms with Gasteiger partial charge in [-0.15, -0.1) is 0 Å². The molecule has 0 spiro atoms. The number of pyridine rings is 1. The average Bonchev–Trinajstić information content (AvgIpc) is 2.83. The zero-order valence-electron chi connectivity index (χ0n) is 12.9. The van der Waals surface area contributed by atoms with Crippen molar-refractivity contribution >= 4 is 27.9 Å². The molecule has 1 saturated carbocycles. The zero-order valence-corrected chi connectivity index (χ0v) is 12.9. The Hall–Kier alpha value is -2.17. The number of rotatable bonds is 2. The van der Waals surface area contributed by atoms with Crippen LogP contribution in [0.5, 0.6) is 0 Å². The topological polar surface area (TPSA) is 69.6 Å². The Balaban J connectivity index is 1.81. The number of fused-ring (bicyclic) bond motifs is 3. The molecule has 1 aliphatic carbocycles. The van der Waals surface area contributed by atoms with E-state index >= 15 is 0 Å². The van der Waals surface area contributed by atoms with Gasteiger partial charge in [-0.2, -0.15) is 4.98 Å². The molecular weight excluding hydrogens is 274 g/mol. The van der Waals surface area contributed by atoms with Crippen LogP contribution in [0.15, 0.2) is 24.7 Å². The number of anilines is 1. The van der Waals surface area contributed by atoms with Crippen LogP contribution in [0.2, 0.25) is 0 Å². The van der Waals surface area contributed by atoms with Gasteiger partial charge in [-0.05, 0) is 30.7 Å². The fraction of sp³-hybridized carbons (Fsp3) is 0.471. The zero-order chi connectivity index (χ0) is 15.1. The molecule has 3 aromatic rings. The van der Waals surface area contributed by atoms with E-state index < -0.39 is 0 Å². The van der Waals surface area contributed by atoms with Crippen LogP contribution in [-0.4, -0.2) is 19.5 Å². The predicted octanol–water partition coefficient (Wildman–Crippen LogP) is 3.39. The Morgan fingerprint density at radius 3 is 2.82 bits per heavy atom. The van der Waals surface area contributed by atoms with Crippen molar-refractivity contribution in [2.45, 2.75) is 39.2 Å². The summed E-state index contributed by atoms with van der Waals surface area (Å²) in [5.74, 6) is 1.92. The van der Waals surface area contributed by atoms with Crippen molar-refractivity contribution in [3.63, 3.8) is 0 Å². The van der Waals surface area contributed by atoms with Crippen molar-refractivity contribution in [2.24, 2.45) is 11.8 Å². The second kappa shape index (κ2) is 5.23. The summed E-state index contributed by atoms with van der Waals surface area (Å²) in [5.41, 5.74) is 7.89. The van der Waals surface area contributed by atoms with Gasteiger partial charge in [-0.25, -0.2) is 4.98 Å². The van der Waals surface area contributed by atoms with Crippen LogP contribution >= 0.6 is 0 Å². The molecule has 2 N–H and O–H groups in total. The largest absolute Gasteiger partial charge is 0.368 e. The summed E-state index contributed by atoms with van der Waals surface area (Å²) in [7, 11) is 0. The second-order valence-electron chi connectivity index (χ2n) is 6.59. The lowest BCUT2D eigenvalue weighted by molar-refractivity contribution is 0.268. The first-order valence-corrected chi connectivity index (χ1v) is 8.07. The van der Waals surface area contributed by atoms with Crippen LogP contribution in [0.1, 0.15) is 32.6 Å². The fourth-order valence-electron chi connectivity index (χ4n) is 3.68. The van der Waals surface area contributed by atoms with E-state index in [0.29, 0.717) is 11.9 Å². The van der Waals surface area contributed by atoms with Crippen LogP contribution in [0.25, 0.3) is 21.9 Å². The van der Waals surface area contributed by atoms with Crippen molar-refractivity contribution in [3.05, 3.63) is 24.7 Å². The highest BCUT2D eigenvalue weighted by Crippen LogP contribution is 2.33. The van der Waals surface area contributed by atoms with Gasteiger partial charge in [0.05, 0.1) is 11.7 Å². The number of hydrogen-bond acceptors (Lipinski definition) is 4. The first-order valence-electron chi connectivity index (χ1n) is 8.07. The van der Waals surface area contributed by atoms with E-state index in [1.807, 2.05) is 24.7 Å². The van der Waals surface area contributed by atoms with Gasteiger partial charge in [0.15, 0.2) is 0 Å². The van der Waals surface area contributed by atoms with Gasteiger partial charge >= 0.3 is 0 Å². The van der Waals surface area contributed by atoms with Crippen molar-refractivity contribution in [1.29, 1.82) is 0 Å². The van der Waals surface area contributed by atoms with Crippen LogP contribution < -0.4 is 5.73 Å². The summed E-state index contributed by atoms with van der Waals surface area (Å²) in [6.45, 7) is 3.35. The summed E-state index contributed by atoms with van der Waals surface area (Å²) < 4.78 is 2.29. The van der Waals surface area contributed by atoms with Crippen molar-refractivity contribution < 1.29 is 0 Å². The molecule has 0 atom stereocenters. The highest BCUT2D eigenvalue weighted by molar-refractivity contribution is 6.06. The lowest BCUT2D eigenvalue weighted by Crippen LogP contribution is -2.18. The highest BCUT2D eigenvalue weighted by Gasteiger charge is 2.21. The second-order valence-corrected chi connectivity index (χ2v) is 6.59. The first kappa shape index (κ1) is 13.5. The smallest absolute Gasteiger partial charge is 0.221 e. The van der Waals surface area contributed by atoms with Crippen LogP contribution in [0.3, 0.4) is 0 Å². The quantitative estimate of drug-likeness (QED) is 0.786. The maximum Gasteiger partial charge on any atom is 0.221 e. The van der Waals surface area contributed by atoms with E-state index in [-0.39, 0.29) is 0 Å². The number of aromatic nitrogens is 4. The van der Waals surface area contributed by atoms with E-state index in [0.717, 1.165) is 34.4 Å². The predicted molar refractivity (Wildman–Crippen MR) is 88.4 cm³/mol. The Morgan fingerprint density at radius 1 is 1.18 bits per heavy atom. The molecule has 0 radical (unpaired) electrons. The van der Waals surface area contributed by atoms with Gasteiger partial charge in [0.2, 0.25) is 5.95 Å². The minimum Gasteiger partial charge on any atom is -0.368 e. The lowest BCUT2D eigenvalue weighted by Gasteiger charge is -2.26. The van der Waals surface area contributed by atoms with Gasteiger partial charge in [0, 0.05) is 29.7 Å². The van der Waals surface area contributed by atoms with Gasteiger partial charge in [0.1, 0.15) is 5.65 Å². The van der Waals surface area contributed by atoms with Crippen LogP contribution in [0, 0.1) is 11.8 Å². The maximum absolute atomic E-state index is 5.81. The molecule has 5 nitrogen and oxygen atoms in total. The van der Waals surface area contributed by atoms with E-state index in [2.05, 4.69) is 26.4 Å². The molecule has 4 rings (SSSR count). The normalized spacial score (nSPS) is 22.4. The van der Waals surface area contributed by atoms with Crippen LogP contribution in [0.4, 0.5) is 5.95 Å².